The van der Waals surface area contributed by atoms with Crippen molar-refractivity contribution >= 4 is 50.1 Å². The Hall–Kier alpha value is -5.61. The molecule has 0 aliphatic heterocycles. The predicted octanol–water partition coefficient (Wildman–Crippen LogP) is 10.5. The van der Waals surface area contributed by atoms with Crippen molar-refractivity contribution in [2.24, 2.45) is 0 Å². The van der Waals surface area contributed by atoms with Crippen molar-refractivity contribution in [3.63, 3.8) is 0 Å². The summed E-state index contributed by atoms with van der Waals surface area (Å²) < 4.78 is 12.4. The molecular weight excluding hydrogens is 504 g/mol. The molecule has 4 heteroatoms. The number of hydrogen-bond acceptors (Lipinski definition) is 4. The third-order valence-electron chi connectivity index (χ3n) is 7.49. The van der Waals surface area contributed by atoms with Crippen LogP contribution in [0.25, 0.3) is 55.6 Å². The standard InChI is InChI=1S/C37H24N2O2/c1-4-10-26(11-5-1)37-38-33-23-32-31-21-18-27(22-34(31)40-35(32)24-36(33)41-37)25-16-19-30(20-17-25)39(28-12-6-2-7-13-28)29-14-8-3-9-15-29/h1-24H. The third-order valence-corrected chi connectivity index (χ3v) is 7.49. The van der Waals surface area contributed by atoms with Crippen LogP contribution in [0, 0.1) is 0 Å². The maximum absolute atomic E-state index is 6.32. The predicted molar refractivity (Wildman–Crippen MR) is 167 cm³/mol. The van der Waals surface area contributed by atoms with Crippen LogP contribution >= 0.6 is 0 Å². The molecule has 41 heavy (non-hydrogen) atoms. The minimum absolute atomic E-state index is 0.612. The molecule has 2 aromatic heterocycles. The highest BCUT2D eigenvalue weighted by molar-refractivity contribution is 6.09. The Labute approximate surface area is 236 Å². The summed E-state index contributed by atoms with van der Waals surface area (Å²) in [4.78, 5) is 7.00. The van der Waals surface area contributed by atoms with Gasteiger partial charge in [-0.15, -0.1) is 0 Å². The molecule has 0 bridgehead atoms. The molecule has 0 amide bonds. The smallest absolute Gasteiger partial charge is 0.227 e. The van der Waals surface area contributed by atoms with Gasteiger partial charge in [-0.05, 0) is 77.9 Å². The van der Waals surface area contributed by atoms with E-state index >= 15 is 0 Å². The largest absolute Gasteiger partial charge is 0.456 e. The Kier molecular flexibility index (Phi) is 5.42. The van der Waals surface area contributed by atoms with E-state index < -0.39 is 0 Å². The molecule has 0 saturated heterocycles. The zero-order chi connectivity index (χ0) is 27.2. The molecule has 2 heterocycles. The fraction of sp³-hybridized carbons (Fsp3) is 0. The highest BCUT2D eigenvalue weighted by Crippen LogP contribution is 2.38. The molecule has 0 fully saturated rings. The van der Waals surface area contributed by atoms with Crippen molar-refractivity contribution in [3.05, 3.63) is 146 Å². The Morgan fingerprint density at radius 3 is 1.68 bits per heavy atom. The van der Waals surface area contributed by atoms with Gasteiger partial charge < -0.3 is 13.7 Å². The lowest BCUT2D eigenvalue weighted by Crippen LogP contribution is -2.09. The van der Waals surface area contributed by atoms with E-state index in [1.165, 1.54) is 0 Å². The van der Waals surface area contributed by atoms with E-state index in [0.29, 0.717) is 11.5 Å². The molecule has 0 unspecified atom stereocenters. The zero-order valence-electron chi connectivity index (χ0n) is 22.1. The van der Waals surface area contributed by atoms with Crippen LogP contribution in [-0.2, 0) is 0 Å². The van der Waals surface area contributed by atoms with Crippen LogP contribution < -0.4 is 4.90 Å². The number of oxazole rings is 1. The van der Waals surface area contributed by atoms with Crippen molar-refractivity contribution in [3.8, 4) is 22.6 Å². The highest BCUT2D eigenvalue weighted by Gasteiger charge is 2.15. The van der Waals surface area contributed by atoms with Crippen molar-refractivity contribution in [2.75, 3.05) is 4.90 Å². The summed E-state index contributed by atoms with van der Waals surface area (Å²) in [6.07, 6.45) is 0. The van der Waals surface area contributed by atoms with Gasteiger partial charge in [0, 0.05) is 39.5 Å². The summed E-state index contributed by atoms with van der Waals surface area (Å²) in [6.45, 7) is 0. The van der Waals surface area contributed by atoms with E-state index in [-0.39, 0.29) is 0 Å². The first-order chi connectivity index (χ1) is 20.3. The molecule has 0 atom stereocenters. The van der Waals surface area contributed by atoms with Gasteiger partial charge in [-0.25, -0.2) is 4.98 Å². The van der Waals surface area contributed by atoms with E-state index in [9.17, 15) is 0 Å². The lowest BCUT2D eigenvalue weighted by atomic mass is 10.0. The molecule has 0 N–H and O–H groups in total. The first kappa shape index (κ1) is 23.3. The molecular formula is C37H24N2O2. The zero-order valence-corrected chi connectivity index (χ0v) is 22.1. The van der Waals surface area contributed by atoms with Gasteiger partial charge in [0.1, 0.15) is 16.7 Å². The van der Waals surface area contributed by atoms with Crippen molar-refractivity contribution in [1.82, 2.24) is 4.98 Å². The van der Waals surface area contributed by atoms with Gasteiger partial charge in [-0.1, -0.05) is 72.8 Å². The average molecular weight is 529 g/mol. The normalized spacial score (nSPS) is 11.4. The fourth-order valence-corrected chi connectivity index (χ4v) is 5.49. The van der Waals surface area contributed by atoms with Crippen LogP contribution in [0.5, 0.6) is 0 Å². The summed E-state index contributed by atoms with van der Waals surface area (Å²) in [5.74, 6) is 0.612. The van der Waals surface area contributed by atoms with Crippen LogP contribution in [0.3, 0.4) is 0 Å². The van der Waals surface area contributed by atoms with Gasteiger partial charge in [0.25, 0.3) is 0 Å². The van der Waals surface area contributed by atoms with Crippen LogP contribution in [0.15, 0.2) is 154 Å². The maximum atomic E-state index is 6.32. The lowest BCUT2D eigenvalue weighted by molar-refractivity contribution is 0.617. The molecule has 8 rings (SSSR count). The number of aromatic nitrogens is 1. The third kappa shape index (κ3) is 4.14. The van der Waals surface area contributed by atoms with E-state index in [4.69, 9.17) is 13.8 Å². The number of fused-ring (bicyclic) bond motifs is 4. The van der Waals surface area contributed by atoms with Crippen molar-refractivity contribution in [1.29, 1.82) is 0 Å². The first-order valence-corrected chi connectivity index (χ1v) is 13.6. The van der Waals surface area contributed by atoms with Gasteiger partial charge in [-0.2, -0.15) is 0 Å². The molecule has 0 spiro atoms. The van der Waals surface area contributed by atoms with Crippen LogP contribution in [-0.4, -0.2) is 4.98 Å². The molecule has 0 radical (unpaired) electrons. The summed E-state index contributed by atoms with van der Waals surface area (Å²) in [7, 11) is 0. The minimum atomic E-state index is 0.612. The SMILES string of the molecule is c1ccc(-c2nc3cc4c(cc3o2)oc2cc(-c3ccc(N(c5ccccc5)c5ccccc5)cc3)ccc24)cc1. The summed E-state index contributed by atoms with van der Waals surface area (Å²) in [5.41, 5.74) is 9.68. The molecule has 0 aliphatic rings. The molecule has 6 aromatic carbocycles. The van der Waals surface area contributed by atoms with Gasteiger partial charge in [0.15, 0.2) is 5.58 Å². The quantitative estimate of drug-likeness (QED) is 0.223. The topological polar surface area (TPSA) is 42.4 Å². The molecule has 194 valence electrons. The number of furan rings is 1. The lowest BCUT2D eigenvalue weighted by Gasteiger charge is -2.25. The van der Waals surface area contributed by atoms with Crippen molar-refractivity contribution in [2.45, 2.75) is 0 Å². The maximum Gasteiger partial charge on any atom is 0.227 e. The molecule has 4 nitrogen and oxygen atoms in total. The summed E-state index contributed by atoms with van der Waals surface area (Å²) in [6, 6.07) is 49.9. The number of benzene rings is 6. The second kappa shape index (κ2) is 9.54. The second-order valence-electron chi connectivity index (χ2n) is 10.1. The first-order valence-electron chi connectivity index (χ1n) is 13.6. The highest BCUT2D eigenvalue weighted by atomic mass is 16.4. The number of rotatable bonds is 5. The van der Waals surface area contributed by atoms with Gasteiger partial charge in [0.05, 0.1) is 0 Å². The van der Waals surface area contributed by atoms with Crippen LogP contribution in [0.2, 0.25) is 0 Å². The summed E-state index contributed by atoms with van der Waals surface area (Å²) in [5, 5.41) is 2.09. The minimum Gasteiger partial charge on any atom is -0.456 e. The monoisotopic (exact) mass is 528 g/mol. The summed E-state index contributed by atoms with van der Waals surface area (Å²) >= 11 is 0. The van der Waals surface area contributed by atoms with E-state index in [1.807, 2.05) is 48.5 Å². The Balaban J connectivity index is 1.15. The van der Waals surface area contributed by atoms with Gasteiger partial charge >= 0.3 is 0 Å². The Morgan fingerprint density at radius 2 is 1.00 bits per heavy atom. The van der Waals surface area contributed by atoms with Crippen molar-refractivity contribution < 1.29 is 8.83 Å². The van der Waals surface area contributed by atoms with Crippen LogP contribution in [0.4, 0.5) is 17.1 Å². The average Bonchev–Trinajstić information content (AvgIpc) is 3.62. The number of nitrogens with zero attached hydrogens (tertiary/aromatic N) is 2. The second-order valence-corrected chi connectivity index (χ2v) is 10.1. The Bertz CT molecular complexity index is 2090. The number of anilines is 3. The molecule has 0 saturated carbocycles. The van der Waals surface area contributed by atoms with Gasteiger partial charge in [0.2, 0.25) is 5.89 Å². The van der Waals surface area contributed by atoms with E-state index in [2.05, 4.69) is 102 Å². The fourth-order valence-electron chi connectivity index (χ4n) is 5.49. The number of para-hydroxylation sites is 2. The van der Waals surface area contributed by atoms with E-state index in [1.54, 1.807) is 0 Å². The van der Waals surface area contributed by atoms with E-state index in [0.717, 1.165) is 61.2 Å². The molecule has 0 aliphatic carbocycles. The Morgan fingerprint density at radius 1 is 0.415 bits per heavy atom. The number of hydrogen-bond donors (Lipinski definition) is 0. The van der Waals surface area contributed by atoms with Gasteiger partial charge in [-0.3, -0.25) is 0 Å². The van der Waals surface area contributed by atoms with Crippen LogP contribution in [0.1, 0.15) is 0 Å². The molecule has 8 aromatic rings.